The van der Waals surface area contributed by atoms with Crippen molar-refractivity contribution >= 4 is 11.8 Å². The molecule has 0 radical (unpaired) electrons. The molecule has 0 saturated heterocycles. The van der Waals surface area contributed by atoms with Gasteiger partial charge in [-0.1, -0.05) is 0 Å². The van der Waals surface area contributed by atoms with Gasteiger partial charge in [-0.05, 0) is 50.4 Å². The van der Waals surface area contributed by atoms with Gasteiger partial charge in [0.05, 0.1) is 12.5 Å². The molecule has 0 unspecified atom stereocenters. The van der Waals surface area contributed by atoms with Gasteiger partial charge in [-0.3, -0.25) is 14.4 Å². The summed E-state index contributed by atoms with van der Waals surface area (Å²) in [5.74, 6) is 1.15. The third-order valence-corrected chi connectivity index (χ3v) is 5.18. The van der Waals surface area contributed by atoms with Crippen molar-refractivity contribution < 1.29 is 14.4 Å². The highest BCUT2D eigenvalue weighted by Gasteiger charge is 2.60. The van der Waals surface area contributed by atoms with E-state index in [1.54, 1.807) is 6.92 Å². The molecule has 0 heterocycles. The molecule has 4 bridgehead atoms. The van der Waals surface area contributed by atoms with Crippen LogP contribution in [0.5, 0.6) is 0 Å². The summed E-state index contributed by atoms with van der Waals surface area (Å²) in [4.78, 5) is 28.7. The minimum Gasteiger partial charge on any atom is -0.351 e. The molecule has 2 amide bonds. The van der Waals surface area contributed by atoms with Gasteiger partial charge in [0.1, 0.15) is 0 Å². The maximum atomic E-state index is 12.4. The van der Waals surface area contributed by atoms with E-state index in [1.807, 2.05) is 0 Å². The number of hydroxylamine groups is 1. The SMILES string of the molecule is CONC(=O)C12C[C@H]3C[C@@H](CC(NC(C)=O)(C3)C1)C2. The lowest BCUT2D eigenvalue weighted by Crippen LogP contribution is -2.65. The standard InChI is InChI=1S/C14H22N2O3/c1-9(17)15-14-6-10-3-11(7-14)5-13(4-10,8-14)12(18)16-19-2/h10-11H,3-8H2,1-2H3,(H,15,17)(H,16,18)/t10-,11-,13?,14?/m1/s1. The molecule has 2 atom stereocenters. The summed E-state index contributed by atoms with van der Waals surface area (Å²) in [5.41, 5.74) is 2.04. The minimum absolute atomic E-state index is 0.00109. The second kappa shape index (κ2) is 4.20. The van der Waals surface area contributed by atoms with Crippen molar-refractivity contribution in [1.29, 1.82) is 0 Å². The van der Waals surface area contributed by atoms with E-state index < -0.39 is 0 Å². The average molecular weight is 266 g/mol. The summed E-state index contributed by atoms with van der Waals surface area (Å²) in [6.07, 6.45) is 5.93. The van der Waals surface area contributed by atoms with E-state index in [2.05, 4.69) is 10.8 Å². The summed E-state index contributed by atoms with van der Waals surface area (Å²) < 4.78 is 0. The van der Waals surface area contributed by atoms with Crippen LogP contribution in [0, 0.1) is 17.3 Å². The fourth-order valence-electron chi connectivity index (χ4n) is 5.25. The lowest BCUT2D eigenvalue weighted by atomic mass is 9.46. The third kappa shape index (κ3) is 2.04. The van der Waals surface area contributed by atoms with Gasteiger partial charge in [0, 0.05) is 12.5 Å². The summed E-state index contributed by atoms with van der Waals surface area (Å²) in [6.45, 7) is 1.57. The first-order chi connectivity index (χ1) is 8.97. The fourth-order valence-corrected chi connectivity index (χ4v) is 5.25. The number of rotatable bonds is 3. The van der Waals surface area contributed by atoms with E-state index in [0.717, 1.165) is 32.1 Å². The molecular weight excluding hydrogens is 244 g/mol. The molecule has 5 nitrogen and oxygen atoms in total. The second-order valence-corrected chi connectivity index (χ2v) is 6.84. The molecule has 106 valence electrons. The summed E-state index contributed by atoms with van der Waals surface area (Å²) in [6, 6.07) is 0. The van der Waals surface area contributed by atoms with Crippen LogP contribution in [0.3, 0.4) is 0 Å². The first-order valence-electron chi connectivity index (χ1n) is 7.09. The number of nitrogens with one attached hydrogen (secondary N) is 2. The zero-order valence-corrected chi connectivity index (χ0v) is 11.6. The Morgan fingerprint density at radius 1 is 1.16 bits per heavy atom. The predicted octanol–water partition coefficient (Wildman–Crippen LogP) is 1.14. The summed E-state index contributed by atoms with van der Waals surface area (Å²) >= 11 is 0. The maximum absolute atomic E-state index is 12.4. The van der Waals surface area contributed by atoms with E-state index >= 15 is 0 Å². The highest BCUT2D eigenvalue weighted by molar-refractivity contribution is 5.83. The Kier molecular flexibility index (Phi) is 2.85. The zero-order chi connectivity index (χ0) is 13.7. The van der Waals surface area contributed by atoms with Crippen LogP contribution in [-0.4, -0.2) is 24.5 Å². The minimum atomic E-state index is -0.331. The number of hydrogen-bond acceptors (Lipinski definition) is 3. The van der Waals surface area contributed by atoms with Crippen LogP contribution in [0.4, 0.5) is 0 Å². The van der Waals surface area contributed by atoms with Crippen molar-refractivity contribution in [2.75, 3.05) is 7.11 Å². The normalized spacial score (nSPS) is 43.1. The van der Waals surface area contributed by atoms with Crippen LogP contribution < -0.4 is 10.8 Å². The van der Waals surface area contributed by atoms with Gasteiger partial charge >= 0.3 is 0 Å². The largest absolute Gasteiger partial charge is 0.351 e. The van der Waals surface area contributed by atoms with Gasteiger partial charge < -0.3 is 5.32 Å². The zero-order valence-electron chi connectivity index (χ0n) is 11.6. The molecule has 0 aliphatic heterocycles. The van der Waals surface area contributed by atoms with Gasteiger partial charge in [-0.2, -0.15) is 0 Å². The van der Waals surface area contributed by atoms with Crippen LogP contribution in [0.2, 0.25) is 0 Å². The van der Waals surface area contributed by atoms with Gasteiger partial charge in [0.15, 0.2) is 0 Å². The van der Waals surface area contributed by atoms with Crippen LogP contribution in [0.25, 0.3) is 0 Å². The van der Waals surface area contributed by atoms with Crippen molar-refractivity contribution in [3.8, 4) is 0 Å². The molecule has 4 aliphatic carbocycles. The molecule has 0 aromatic carbocycles. The number of carbonyl (C=O) groups is 2. The molecule has 4 fully saturated rings. The van der Waals surface area contributed by atoms with Crippen LogP contribution in [-0.2, 0) is 14.4 Å². The number of hydrogen-bond donors (Lipinski definition) is 2. The Balaban J connectivity index is 1.88. The monoisotopic (exact) mass is 266 g/mol. The smallest absolute Gasteiger partial charge is 0.249 e. The van der Waals surface area contributed by atoms with Crippen molar-refractivity contribution in [3.05, 3.63) is 0 Å². The Morgan fingerprint density at radius 2 is 1.79 bits per heavy atom. The van der Waals surface area contributed by atoms with Gasteiger partial charge in [0.2, 0.25) is 11.8 Å². The summed E-state index contributed by atoms with van der Waals surface area (Å²) in [7, 11) is 1.47. The Hall–Kier alpha value is -1.10. The van der Waals surface area contributed by atoms with Crippen molar-refractivity contribution in [3.63, 3.8) is 0 Å². The highest BCUT2D eigenvalue weighted by Crippen LogP contribution is 2.61. The molecule has 4 rings (SSSR count). The molecule has 4 aliphatic rings. The Bertz CT molecular complexity index is 407. The van der Waals surface area contributed by atoms with Crippen LogP contribution in [0.15, 0.2) is 0 Å². The summed E-state index contributed by atoms with van der Waals surface area (Å²) in [5, 5.41) is 3.15. The van der Waals surface area contributed by atoms with Crippen molar-refractivity contribution in [2.45, 2.75) is 51.0 Å². The predicted molar refractivity (Wildman–Crippen MR) is 68.8 cm³/mol. The third-order valence-electron chi connectivity index (χ3n) is 5.18. The fraction of sp³-hybridized carbons (Fsp3) is 0.857. The highest BCUT2D eigenvalue weighted by atomic mass is 16.6. The first-order valence-corrected chi connectivity index (χ1v) is 7.09. The van der Waals surface area contributed by atoms with Gasteiger partial charge in [-0.15, -0.1) is 0 Å². The molecule has 2 N–H and O–H groups in total. The topological polar surface area (TPSA) is 67.4 Å². The number of amides is 2. The molecule has 0 aromatic heterocycles. The quantitative estimate of drug-likeness (QED) is 0.753. The van der Waals surface area contributed by atoms with Crippen molar-refractivity contribution in [2.24, 2.45) is 17.3 Å². The number of carbonyl (C=O) groups excluding carboxylic acids is 2. The molecule has 5 heteroatoms. The molecular formula is C14H22N2O3. The van der Waals surface area contributed by atoms with E-state index in [-0.39, 0.29) is 22.8 Å². The molecule has 19 heavy (non-hydrogen) atoms. The van der Waals surface area contributed by atoms with Crippen LogP contribution in [0.1, 0.15) is 45.4 Å². The van der Waals surface area contributed by atoms with Gasteiger partial charge in [-0.25, -0.2) is 5.48 Å². The average Bonchev–Trinajstić information content (AvgIpc) is 2.25. The lowest BCUT2D eigenvalue weighted by molar-refractivity contribution is -0.162. The van der Waals surface area contributed by atoms with Crippen molar-refractivity contribution in [1.82, 2.24) is 10.8 Å². The maximum Gasteiger partial charge on any atom is 0.249 e. The molecule has 4 saturated carbocycles. The van der Waals surface area contributed by atoms with E-state index in [1.165, 1.54) is 13.5 Å². The Morgan fingerprint density at radius 3 is 2.32 bits per heavy atom. The van der Waals surface area contributed by atoms with E-state index in [0.29, 0.717) is 11.8 Å². The van der Waals surface area contributed by atoms with Gasteiger partial charge in [0.25, 0.3) is 0 Å². The lowest BCUT2D eigenvalue weighted by Gasteiger charge is -2.61. The first kappa shape index (κ1) is 12.9. The second-order valence-electron chi connectivity index (χ2n) is 6.84. The van der Waals surface area contributed by atoms with Crippen LogP contribution >= 0.6 is 0 Å². The molecule has 0 spiro atoms. The van der Waals surface area contributed by atoms with E-state index in [9.17, 15) is 9.59 Å². The van der Waals surface area contributed by atoms with E-state index in [4.69, 9.17) is 4.84 Å². The Labute approximate surface area is 113 Å². The molecule has 0 aromatic rings.